The van der Waals surface area contributed by atoms with Crippen LogP contribution in [0.4, 0.5) is 0 Å². The summed E-state index contributed by atoms with van der Waals surface area (Å²) in [5, 5.41) is 8.37. The second kappa shape index (κ2) is 24.7. The fourth-order valence-corrected chi connectivity index (χ4v) is 13.5. The number of aromatic nitrogens is 8. The highest BCUT2D eigenvalue weighted by atomic mass is 35.5. The van der Waals surface area contributed by atoms with Gasteiger partial charge in [-0.15, -0.1) is 0 Å². The maximum atomic E-state index is 6.33. The lowest BCUT2D eigenvalue weighted by atomic mass is 9.79. The van der Waals surface area contributed by atoms with Gasteiger partial charge in [-0.25, -0.2) is 29.9 Å². The minimum atomic E-state index is -0.354. The van der Waals surface area contributed by atoms with Gasteiger partial charge in [-0.1, -0.05) is 121 Å². The zero-order chi connectivity index (χ0) is 69.8. The predicted octanol–water partition coefficient (Wildman–Crippen LogP) is 21.9. The van der Waals surface area contributed by atoms with Crippen molar-refractivity contribution >= 4 is 134 Å². The van der Waals surface area contributed by atoms with Gasteiger partial charge in [0.1, 0.15) is 55.7 Å². The number of nitrogens with zero attached hydrogens (tertiary/aromatic N) is 8. The monoisotopic (exact) mass is 1370 g/mol. The van der Waals surface area contributed by atoms with Gasteiger partial charge in [-0.05, 0) is 190 Å². The molecule has 0 N–H and O–H groups in total. The van der Waals surface area contributed by atoms with Crippen LogP contribution in [-0.2, 0) is 9.31 Å². The lowest BCUT2D eigenvalue weighted by molar-refractivity contribution is 0.00578. The number of halogens is 1. The van der Waals surface area contributed by atoms with Gasteiger partial charge in [-0.2, -0.15) is 9.97 Å². The first-order valence-electron chi connectivity index (χ1n) is 33.9. The summed E-state index contributed by atoms with van der Waals surface area (Å²) in [4.78, 5) is 37.7. The maximum Gasteiger partial charge on any atom is 0.494 e. The number of furan rings is 4. The second-order valence-electron chi connectivity index (χ2n) is 26.6. The van der Waals surface area contributed by atoms with Crippen LogP contribution in [0, 0.1) is 0 Å². The van der Waals surface area contributed by atoms with E-state index in [0.717, 1.165) is 154 Å². The number of oxazole rings is 2. The van der Waals surface area contributed by atoms with Crippen LogP contribution in [0.25, 0.3) is 190 Å². The van der Waals surface area contributed by atoms with E-state index in [2.05, 4.69) is 71.9 Å². The molecule has 0 radical (unpaired) electrons. The number of hydrogen-bond acceptors (Lipinski definition) is 16. The Morgan fingerprint density at radius 1 is 0.250 bits per heavy atom. The summed E-state index contributed by atoms with van der Waals surface area (Å²) in [6.45, 7) is 8.22. The Kier molecular flexibility index (Phi) is 14.8. The Bertz CT molecular complexity index is 6410. The van der Waals surface area contributed by atoms with Crippen LogP contribution in [-0.4, -0.2) is 58.2 Å². The van der Waals surface area contributed by atoms with Crippen LogP contribution < -0.4 is 5.46 Å². The lowest BCUT2D eigenvalue weighted by Crippen LogP contribution is -2.41. The van der Waals surface area contributed by atoms with E-state index in [0.29, 0.717) is 40.9 Å². The van der Waals surface area contributed by atoms with E-state index >= 15 is 0 Å². The first-order chi connectivity index (χ1) is 50.8. The van der Waals surface area contributed by atoms with E-state index in [4.69, 9.17) is 67.3 Å². The van der Waals surface area contributed by atoms with Crippen LogP contribution in [0.3, 0.4) is 0 Å². The first-order valence-corrected chi connectivity index (χ1v) is 34.3. The van der Waals surface area contributed by atoms with Gasteiger partial charge in [0.2, 0.25) is 17.1 Å². The molecule has 0 bridgehead atoms. The Hall–Kier alpha value is -12.9. The molecule has 0 spiro atoms. The highest BCUT2D eigenvalue weighted by molar-refractivity contribution is 6.62. The largest absolute Gasteiger partial charge is 0.494 e. The molecule has 0 aliphatic carbocycles. The first kappa shape index (κ1) is 62.1. The highest BCUT2D eigenvalue weighted by Gasteiger charge is 2.51. The van der Waals surface area contributed by atoms with Crippen molar-refractivity contribution in [1.29, 1.82) is 0 Å². The zero-order valence-electron chi connectivity index (χ0n) is 56.2. The molecule has 20 aromatic rings. The fourth-order valence-electron chi connectivity index (χ4n) is 13.3. The number of rotatable bonds is 8. The average Bonchev–Trinajstić information content (AvgIpc) is 1.25. The summed E-state index contributed by atoms with van der Waals surface area (Å²) in [5.41, 5.74) is 16.3. The quantitative estimate of drug-likeness (QED) is 0.130. The van der Waals surface area contributed by atoms with Gasteiger partial charge >= 0.3 is 7.12 Å². The summed E-state index contributed by atoms with van der Waals surface area (Å²) in [5.74, 6) is 3.90. The van der Waals surface area contributed by atoms with Crippen LogP contribution in [0.2, 0.25) is 5.28 Å². The third-order valence-corrected chi connectivity index (χ3v) is 19.6. The molecule has 1 fully saturated rings. The van der Waals surface area contributed by atoms with E-state index in [1.165, 1.54) is 0 Å². The summed E-state index contributed by atoms with van der Waals surface area (Å²) in [6.07, 6.45) is 0. The van der Waals surface area contributed by atoms with E-state index < -0.39 is 0 Å². The minimum Gasteiger partial charge on any atom is -0.456 e. The van der Waals surface area contributed by atoms with Crippen LogP contribution in [0.5, 0.6) is 0 Å². The molecule has 12 aromatic carbocycles. The third-order valence-electron chi connectivity index (χ3n) is 19.4. The molecule has 0 saturated carbocycles. The SMILES string of the molecule is CC1(C)OB(c2ccc(-c3nc4ccccc4o3)cc2)OC1(C)C.Clc1nc(-c2ccc3oc4ccccc4c3c2)nc(-c2ccc3oc4ccccc4c3c2)n1.c1ccc2oc(-c3ccc(-c4nc(-c5ccc6oc7ccccc7c6c5)nc(-c5ccc6oc7ccccc7c6c5)n4)cc3)nc2c1. The van der Waals surface area contributed by atoms with Crippen LogP contribution in [0.15, 0.2) is 293 Å². The molecule has 18 heteroatoms. The van der Waals surface area contributed by atoms with Crippen molar-refractivity contribution in [1.82, 2.24) is 39.9 Å². The van der Waals surface area contributed by atoms with Crippen LogP contribution in [0.1, 0.15) is 27.7 Å². The molecule has 21 rings (SSSR count). The molecule has 0 atom stereocenters. The van der Waals surface area contributed by atoms with Gasteiger partial charge in [0.25, 0.3) is 0 Å². The topological polar surface area (TPSA) is 200 Å². The number of benzene rings is 12. The molecule has 8 aromatic heterocycles. The van der Waals surface area contributed by atoms with E-state index in [9.17, 15) is 0 Å². The molecule has 16 nitrogen and oxygen atoms in total. The Morgan fingerprint density at radius 2 is 0.519 bits per heavy atom. The number of para-hydroxylation sites is 8. The normalized spacial score (nSPS) is 13.5. The predicted molar refractivity (Wildman–Crippen MR) is 409 cm³/mol. The van der Waals surface area contributed by atoms with E-state index in [1.54, 1.807) is 0 Å². The van der Waals surface area contributed by atoms with Crippen molar-refractivity contribution in [3.8, 4) is 79.8 Å². The van der Waals surface area contributed by atoms with Crippen molar-refractivity contribution in [2.75, 3.05) is 0 Å². The molecule has 9 heterocycles. The van der Waals surface area contributed by atoms with Gasteiger partial charge in [0.05, 0.1) is 11.2 Å². The van der Waals surface area contributed by atoms with Crippen molar-refractivity contribution < 1.29 is 35.8 Å². The van der Waals surface area contributed by atoms with Gasteiger partial charge in [-0.3, -0.25) is 0 Å². The van der Waals surface area contributed by atoms with E-state index in [1.807, 2.05) is 243 Å². The Labute approximate surface area is 597 Å². The molecule has 1 saturated heterocycles. The zero-order valence-corrected chi connectivity index (χ0v) is 57.0. The standard InChI is InChI=1S/C40H22N4O3.C27H14ClN3O2.C19H20BNO3/c1-4-10-32-27(7-1)29-21-25(17-19-34(29)45-32)38-42-37(23-13-15-24(16-14-23)40-41-31-9-3-6-12-36(31)47-40)43-39(44-38)26-18-20-35-30(22-26)28-8-2-5-11-33(28)46-35;28-27-30-25(15-9-11-23-19(13-15)17-5-1-3-7-21(17)32-23)29-26(31-27)16-10-12-24-20(14-16)18-6-2-4-8-22(18)33-24;1-18(2)19(3,4)24-20(23-18)14-11-9-13(10-12-14)17-21-15-7-5-6-8-16(15)22-17/h1-22H;1-14H;5-12H,1-4H3. The van der Waals surface area contributed by atoms with Crippen molar-refractivity contribution in [2.24, 2.45) is 0 Å². The fraction of sp³-hybridized carbons (Fsp3) is 0.0698. The molecule has 1 aliphatic rings. The van der Waals surface area contributed by atoms with Gasteiger partial charge in [0.15, 0.2) is 40.3 Å². The van der Waals surface area contributed by atoms with Crippen LogP contribution >= 0.6 is 11.6 Å². The van der Waals surface area contributed by atoms with Crippen molar-refractivity contribution in [3.63, 3.8) is 0 Å². The molecular formula is C86H56BClN8O8. The third kappa shape index (κ3) is 11.2. The molecule has 498 valence electrons. The molecule has 104 heavy (non-hydrogen) atoms. The number of fused-ring (bicyclic) bond motifs is 14. The molecule has 0 unspecified atom stereocenters. The molecular weight excluding hydrogens is 1320 g/mol. The number of hydrogen-bond donors (Lipinski definition) is 0. The summed E-state index contributed by atoms with van der Waals surface area (Å²) in [6, 6.07) is 87.4. The summed E-state index contributed by atoms with van der Waals surface area (Å²) in [7, 11) is -0.354. The average molecular weight is 1380 g/mol. The van der Waals surface area contributed by atoms with Crippen molar-refractivity contribution in [3.05, 3.63) is 272 Å². The maximum absolute atomic E-state index is 6.33. The molecule has 0 amide bonds. The molecule has 1 aliphatic heterocycles. The Morgan fingerprint density at radius 3 is 0.865 bits per heavy atom. The van der Waals surface area contributed by atoms with Crippen molar-refractivity contribution in [2.45, 2.75) is 38.9 Å². The van der Waals surface area contributed by atoms with E-state index in [-0.39, 0.29) is 23.6 Å². The smallest absolute Gasteiger partial charge is 0.456 e. The highest BCUT2D eigenvalue weighted by Crippen LogP contribution is 2.40. The minimum absolute atomic E-state index is 0.143. The van der Waals surface area contributed by atoms with Gasteiger partial charge in [0, 0.05) is 82.0 Å². The lowest BCUT2D eigenvalue weighted by Gasteiger charge is -2.32. The second-order valence-corrected chi connectivity index (χ2v) is 26.9. The summed E-state index contributed by atoms with van der Waals surface area (Å²) < 4.78 is 48.0. The van der Waals surface area contributed by atoms with Gasteiger partial charge < -0.3 is 35.8 Å². The summed E-state index contributed by atoms with van der Waals surface area (Å²) >= 11 is 6.33. The Balaban J connectivity index is 0.000000114.